The van der Waals surface area contributed by atoms with Gasteiger partial charge < -0.3 is 36.8 Å². The van der Waals surface area contributed by atoms with Crippen LogP contribution in [-0.2, 0) is 32.0 Å². The fourth-order valence-electron chi connectivity index (χ4n) is 4.86. The number of amides is 4. The lowest BCUT2D eigenvalue weighted by Crippen LogP contribution is -2.57. The maximum absolute atomic E-state index is 13.6. The SMILES string of the molecule is CCOc1cccc(NC(=O)/C=C/C(=O)N[C@H](C(=O)N[C@@H](Cc2ccccc2)[C@@H](O)CN[C@@H](Cc2ccc(Br)cc2)C(N)=O)C(C)C)c1. The van der Waals surface area contributed by atoms with Crippen LogP contribution in [-0.4, -0.2) is 66.1 Å². The highest BCUT2D eigenvalue weighted by molar-refractivity contribution is 9.10. The van der Waals surface area contributed by atoms with Crippen LogP contribution in [0.5, 0.6) is 5.75 Å². The second-order valence-electron chi connectivity index (χ2n) is 11.6. The lowest BCUT2D eigenvalue weighted by atomic mass is 9.98. The van der Waals surface area contributed by atoms with E-state index in [-0.39, 0.29) is 18.9 Å². The van der Waals surface area contributed by atoms with Crippen LogP contribution in [0.15, 0.2) is 95.5 Å². The van der Waals surface area contributed by atoms with E-state index in [1.54, 1.807) is 38.1 Å². The van der Waals surface area contributed by atoms with Gasteiger partial charge in [-0.3, -0.25) is 19.2 Å². The summed E-state index contributed by atoms with van der Waals surface area (Å²) in [4.78, 5) is 51.0. The van der Waals surface area contributed by atoms with Gasteiger partial charge in [-0.05, 0) is 61.1 Å². The molecular formula is C36H44BrN5O6. The number of halogens is 1. The first-order valence-electron chi connectivity index (χ1n) is 15.8. The number of ether oxygens (including phenoxy) is 1. The Bertz CT molecular complexity index is 1530. The molecule has 12 heteroatoms. The van der Waals surface area contributed by atoms with Crippen molar-refractivity contribution in [2.24, 2.45) is 11.7 Å². The van der Waals surface area contributed by atoms with Crippen molar-refractivity contribution >= 4 is 45.2 Å². The number of hydrogen-bond acceptors (Lipinski definition) is 7. The Hall–Kier alpha value is -4.52. The van der Waals surface area contributed by atoms with Gasteiger partial charge in [0, 0.05) is 34.9 Å². The number of nitrogens with two attached hydrogens (primary N) is 1. The fraction of sp³-hybridized carbons (Fsp3) is 0.333. The van der Waals surface area contributed by atoms with Crippen molar-refractivity contribution < 1.29 is 29.0 Å². The summed E-state index contributed by atoms with van der Waals surface area (Å²) >= 11 is 3.39. The molecule has 4 atom stereocenters. The minimum atomic E-state index is -1.12. The first-order chi connectivity index (χ1) is 22.9. The van der Waals surface area contributed by atoms with Crippen LogP contribution in [0.25, 0.3) is 0 Å². The average Bonchev–Trinajstić information content (AvgIpc) is 3.05. The number of aliphatic hydroxyl groups is 1. The zero-order chi connectivity index (χ0) is 35.1. The van der Waals surface area contributed by atoms with Crippen molar-refractivity contribution in [3.63, 3.8) is 0 Å². The largest absolute Gasteiger partial charge is 0.494 e. The van der Waals surface area contributed by atoms with E-state index in [1.165, 1.54) is 0 Å². The zero-order valence-corrected chi connectivity index (χ0v) is 28.9. The van der Waals surface area contributed by atoms with Gasteiger partial charge >= 0.3 is 0 Å². The van der Waals surface area contributed by atoms with Gasteiger partial charge in [0.25, 0.3) is 0 Å². The summed E-state index contributed by atoms with van der Waals surface area (Å²) in [6.07, 6.45) is 1.62. The van der Waals surface area contributed by atoms with E-state index < -0.39 is 47.9 Å². The molecule has 0 aliphatic rings. The normalized spacial score (nSPS) is 13.7. The molecule has 0 unspecified atom stereocenters. The molecule has 7 N–H and O–H groups in total. The van der Waals surface area contributed by atoms with Gasteiger partial charge in [-0.2, -0.15) is 0 Å². The summed E-state index contributed by atoms with van der Waals surface area (Å²) in [5, 5.41) is 22.6. The van der Waals surface area contributed by atoms with Crippen LogP contribution in [0, 0.1) is 5.92 Å². The molecule has 0 aromatic heterocycles. The summed E-state index contributed by atoms with van der Waals surface area (Å²) < 4.78 is 6.34. The van der Waals surface area contributed by atoms with Gasteiger partial charge in [-0.1, -0.05) is 78.3 Å². The molecule has 0 bridgehead atoms. The van der Waals surface area contributed by atoms with Crippen molar-refractivity contribution in [2.75, 3.05) is 18.5 Å². The van der Waals surface area contributed by atoms with Gasteiger partial charge in [0.15, 0.2) is 0 Å². The molecule has 0 heterocycles. The second-order valence-corrected chi connectivity index (χ2v) is 12.5. The molecular weight excluding hydrogens is 678 g/mol. The summed E-state index contributed by atoms with van der Waals surface area (Å²) in [6.45, 7) is 5.85. The number of aliphatic hydroxyl groups excluding tert-OH is 1. The number of anilines is 1. The molecule has 256 valence electrons. The number of hydrogen-bond donors (Lipinski definition) is 6. The first kappa shape index (κ1) is 37.9. The number of rotatable bonds is 18. The Labute approximate surface area is 289 Å². The summed E-state index contributed by atoms with van der Waals surface area (Å²) in [6, 6.07) is 21.2. The van der Waals surface area contributed by atoms with Crippen LogP contribution in [0.2, 0.25) is 0 Å². The Morgan fingerprint density at radius 1 is 0.875 bits per heavy atom. The number of primary amides is 1. The van der Waals surface area contributed by atoms with Crippen LogP contribution in [0.1, 0.15) is 31.9 Å². The van der Waals surface area contributed by atoms with Crippen LogP contribution >= 0.6 is 15.9 Å². The molecule has 0 aliphatic carbocycles. The summed E-state index contributed by atoms with van der Waals surface area (Å²) in [5.41, 5.74) is 7.92. The lowest BCUT2D eigenvalue weighted by molar-refractivity contribution is -0.129. The van der Waals surface area contributed by atoms with Crippen molar-refractivity contribution in [3.05, 3.63) is 107 Å². The van der Waals surface area contributed by atoms with Gasteiger partial charge in [-0.25, -0.2) is 0 Å². The third-order valence-corrected chi connectivity index (χ3v) is 7.93. The molecule has 48 heavy (non-hydrogen) atoms. The average molecular weight is 723 g/mol. The predicted octanol–water partition coefficient (Wildman–Crippen LogP) is 3.26. The smallest absolute Gasteiger partial charge is 0.248 e. The maximum atomic E-state index is 13.6. The Morgan fingerprint density at radius 2 is 1.54 bits per heavy atom. The van der Waals surface area contributed by atoms with E-state index in [2.05, 4.69) is 37.2 Å². The molecule has 3 rings (SSSR count). The van der Waals surface area contributed by atoms with Gasteiger partial charge in [0.1, 0.15) is 11.8 Å². The first-order valence-corrected chi connectivity index (χ1v) is 16.6. The highest BCUT2D eigenvalue weighted by Gasteiger charge is 2.29. The lowest BCUT2D eigenvalue weighted by Gasteiger charge is -2.29. The van der Waals surface area contributed by atoms with Gasteiger partial charge in [0.05, 0.1) is 24.8 Å². The van der Waals surface area contributed by atoms with Crippen molar-refractivity contribution in [1.82, 2.24) is 16.0 Å². The van der Waals surface area contributed by atoms with Crippen LogP contribution in [0.4, 0.5) is 5.69 Å². The molecule has 11 nitrogen and oxygen atoms in total. The number of carbonyl (C=O) groups excluding carboxylic acids is 4. The molecule has 0 saturated carbocycles. The topological polar surface area (TPSA) is 172 Å². The Morgan fingerprint density at radius 3 is 2.19 bits per heavy atom. The highest BCUT2D eigenvalue weighted by Crippen LogP contribution is 2.17. The Kier molecular flexibility index (Phi) is 15.3. The molecule has 3 aromatic carbocycles. The van der Waals surface area contributed by atoms with Crippen molar-refractivity contribution in [3.8, 4) is 5.75 Å². The quantitative estimate of drug-likeness (QED) is 0.110. The molecule has 0 spiro atoms. The van der Waals surface area contributed by atoms with E-state index in [9.17, 15) is 24.3 Å². The Balaban J connectivity index is 1.66. The molecule has 0 fully saturated rings. The highest BCUT2D eigenvalue weighted by atomic mass is 79.9. The van der Waals surface area contributed by atoms with E-state index >= 15 is 0 Å². The number of nitrogens with one attached hydrogen (secondary N) is 4. The molecule has 0 saturated heterocycles. The van der Waals surface area contributed by atoms with E-state index in [1.807, 2.05) is 61.5 Å². The van der Waals surface area contributed by atoms with Gasteiger partial charge in [0.2, 0.25) is 23.6 Å². The standard InChI is InChI=1S/C36H44BrN5O6/c1-4-48-28-12-8-11-27(21-28)40-32(44)17-18-33(45)42-34(23(2)3)36(47)41-29(19-24-9-6-5-7-10-24)31(43)22-39-30(35(38)46)20-25-13-15-26(37)16-14-25/h5-18,21,23,29-31,34,39,43H,4,19-20,22H2,1-3H3,(H2,38,46)(H,40,44)(H,41,47)(H,42,45)/b18-17+/t29-,30-,31-,34-/m0/s1. The molecule has 3 aromatic rings. The summed E-state index contributed by atoms with van der Waals surface area (Å²) in [5.74, 6) is -1.97. The fourth-order valence-corrected chi connectivity index (χ4v) is 5.12. The second kappa shape index (κ2) is 19.3. The van der Waals surface area contributed by atoms with Crippen LogP contribution in [0.3, 0.4) is 0 Å². The van der Waals surface area contributed by atoms with Crippen LogP contribution < -0.4 is 31.7 Å². The predicted molar refractivity (Wildman–Crippen MR) is 189 cm³/mol. The summed E-state index contributed by atoms with van der Waals surface area (Å²) in [7, 11) is 0. The van der Waals surface area contributed by atoms with E-state index in [0.717, 1.165) is 27.8 Å². The number of carbonyl (C=O) groups is 4. The molecule has 0 aliphatic heterocycles. The molecule has 4 amide bonds. The maximum Gasteiger partial charge on any atom is 0.248 e. The third-order valence-electron chi connectivity index (χ3n) is 7.41. The number of benzene rings is 3. The van der Waals surface area contributed by atoms with E-state index in [4.69, 9.17) is 10.5 Å². The van der Waals surface area contributed by atoms with E-state index in [0.29, 0.717) is 24.5 Å². The van der Waals surface area contributed by atoms with Gasteiger partial charge in [-0.15, -0.1) is 0 Å². The molecule has 0 radical (unpaired) electrons. The zero-order valence-electron chi connectivity index (χ0n) is 27.3. The van der Waals surface area contributed by atoms with Crippen molar-refractivity contribution in [2.45, 2.75) is 57.8 Å². The minimum Gasteiger partial charge on any atom is -0.494 e. The minimum absolute atomic E-state index is 0.0358. The van der Waals surface area contributed by atoms with Crippen molar-refractivity contribution in [1.29, 1.82) is 0 Å². The monoisotopic (exact) mass is 721 g/mol. The third kappa shape index (κ3) is 12.9.